The Kier molecular flexibility index (Phi) is 6.18. The fraction of sp³-hybridized carbons (Fsp3) is 0. The summed E-state index contributed by atoms with van der Waals surface area (Å²) in [5, 5.41) is 6.79. The van der Waals surface area contributed by atoms with Crippen LogP contribution < -0.4 is 10.6 Å². The van der Waals surface area contributed by atoms with E-state index < -0.39 is 6.03 Å². The smallest absolute Gasteiger partial charge is 0.308 e. The van der Waals surface area contributed by atoms with E-state index in [1.807, 2.05) is 30.3 Å². The number of rotatable bonds is 4. The summed E-state index contributed by atoms with van der Waals surface area (Å²) in [5.41, 5.74) is 1.99. The standard InChI is InChI=1S/C20H12Cl3N3OS2/c21-11-5-7-15(13(22)9-11)25-19(27)24-12-6-8-17(14(23)10-12)28-20-26-16-3-1-2-4-18(16)29-20/h1-10H,(H2,24,25,27). The van der Waals surface area contributed by atoms with E-state index in [2.05, 4.69) is 15.6 Å². The fourth-order valence-electron chi connectivity index (χ4n) is 2.53. The number of urea groups is 1. The van der Waals surface area contributed by atoms with Crippen molar-refractivity contribution in [3.63, 3.8) is 0 Å². The first kappa shape index (κ1) is 20.3. The summed E-state index contributed by atoms with van der Waals surface area (Å²) in [6, 6.07) is 17.7. The molecule has 0 saturated carbocycles. The third kappa shape index (κ3) is 4.97. The highest BCUT2D eigenvalue weighted by Crippen LogP contribution is 2.38. The number of aromatic nitrogens is 1. The highest BCUT2D eigenvalue weighted by molar-refractivity contribution is 8.01. The second-order valence-corrected chi connectivity index (χ2v) is 9.47. The molecule has 2 N–H and O–H groups in total. The third-order valence-electron chi connectivity index (χ3n) is 3.84. The summed E-state index contributed by atoms with van der Waals surface area (Å²) in [6.45, 7) is 0. The number of anilines is 2. The summed E-state index contributed by atoms with van der Waals surface area (Å²) in [7, 11) is 0. The molecule has 0 aliphatic carbocycles. The predicted molar refractivity (Wildman–Crippen MR) is 124 cm³/mol. The maximum atomic E-state index is 12.2. The van der Waals surface area contributed by atoms with E-state index >= 15 is 0 Å². The van der Waals surface area contributed by atoms with Gasteiger partial charge >= 0.3 is 6.03 Å². The second kappa shape index (κ2) is 8.81. The van der Waals surface area contributed by atoms with Gasteiger partial charge in [0.2, 0.25) is 0 Å². The lowest BCUT2D eigenvalue weighted by Crippen LogP contribution is -2.19. The van der Waals surface area contributed by atoms with Crippen LogP contribution in [0.5, 0.6) is 0 Å². The lowest BCUT2D eigenvalue weighted by molar-refractivity contribution is 0.262. The van der Waals surface area contributed by atoms with Crippen molar-refractivity contribution < 1.29 is 4.79 Å². The Morgan fingerprint density at radius 3 is 2.52 bits per heavy atom. The van der Waals surface area contributed by atoms with Gasteiger partial charge in [0.25, 0.3) is 0 Å². The van der Waals surface area contributed by atoms with Gasteiger partial charge in [0, 0.05) is 15.6 Å². The maximum absolute atomic E-state index is 12.2. The molecule has 0 atom stereocenters. The van der Waals surface area contributed by atoms with E-state index in [-0.39, 0.29) is 0 Å². The lowest BCUT2D eigenvalue weighted by Gasteiger charge is -2.10. The SMILES string of the molecule is O=C(Nc1ccc(Sc2nc3ccccc3s2)c(Cl)c1)Nc1ccc(Cl)cc1Cl. The van der Waals surface area contributed by atoms with Crippen LogP contribution in [-0.4, -0.2) is 11.0 Å². The molecule has 0 aliphatic heterocycles. The highest BCUT2D eigenvalue weighted by Gasteiger charge is 2.11. The summed E-state index contributed by atoms with van der Waals surface area (Å²) in [5.74, 6) is 0. The van der Waals surface area contributed by atoms with Gasteiger partial charge < -0.3 is 10.6 Å². The van der Waals surface area contributed by atoms with Crippen LogP contribution in [0.2, 0.25) is 15.1 Å². The van der Waals surface area contributed by atoms with Crippen molar-refractivity contribution in [2.75, 3.05) is 10.6 Å². The lowest BCUT2D eigenvalue weighted by atomic mass is 10.3. The number of nitrogens with one attached hydrogen (secondary N) is 2. The highest BCUT2D eigenvalue weighted by atomic mass is 35.5. The van der Waals surface area contributed by atoms with Crippen LogP contribution >= 0.6 is 57.9 Å². The molecule has 4 aromatic rings. The molecule has 0 saturated heterocycles. The monoisotopic (exact) mass is 479 g/mol. The molecule has 2 amide bonds. The van der Waals surface area contributed by atoms with Gasteiger partial charge in [-0.2, -0.15) is 0 Å². The van der Waals surface area contributed by atoms with Gasteiger partial charge in [-0.15, -0.1) is 11.3 Å². The van der Waals surface area contributed by atoms with Crippen molar-refractivity contribution >= 4 is 85.5 Å². The van der Waals surface area contributed by atoms with E-state index in [0.717, 1.165) is 19.5 Å². The van der Waals surface area contributed by atoms with Crippen LogP contribution in [0.1, 0.15) is 0 Å². The second-order valence-electron chi connectivity index (χ2n) is 5.90. The number of carbonyl (C=O) groups is 1. The van der Waals surface area contributed by atoms with Crippen LogP contribution in [0.15, 0.2) is 69.9 Å². The quantitative estimate of drug-likeness (QED) is 0.310. The fourth-order valence-corrected chi connectivity index (χ4v) is 5.30. The molecule has 0 aliphatic rings. The minimum Gasteiger partial charge on any atom is -0.308 e. The molecule has 4 rings (SSSR count). The van der Waals surface area contributed by atoms with E-state index in [0.29, 0.717) is 26.4 Å². The third-order valence-corrected chi connectivity index (χ3v) is 6.99. The van der Waals surface area contributed by atoms with Crippen molar-refractivity contribution in [1.82, 2.24) is 4.98 Å². The Balaban J connectivity index is 1.44. The Bertz CT molecular complexity index is 1180. The Morgan fingerprint density at radius 2 is 1.76 bits per heavy atom. The Labute approximate surface area is 190 Å². The number of benzene rings is 3. The summed E-state index contributed by atoms with van der Waals surface area (Å²) in [4.78, 5) is 17.7. The molecule has 4 nitrogen and oxygen atoms in total. The molecule has 146 valence electrons. The molecule has 0 bridgehead atoms. The van der Waals surface area contributed by atoms with Gasteiger partial charge in [-0.05, 0) is 48.5 Å². The van der Waals surface area contributed by atoms with E-state index in [1.165, 1.54) is 11.8 Å². The van der Waals surface area contributed by atoms with E-state index in [1.54, 1.807) is 41.7 Å². The van der Waals surface area contributed by atoms with Gasteiger partial charge in [0.15, 0.2) is 4.34 Å². The molecular formula is C20H12Cl3N3OS2. The molecular weight excluding hydrogens is 469 g/mol. The van der Waals surface area contributed by atoms with Gasteiger partial charge in [-0.3, -0.25) is 0 Å². The summed E-state index contributed by atoms with van der Waals surface area (Å²) >= 11 is 21.5. The van der Waals surface area contributed by atoms with Gasteiger partial charge in [-0.25, -0.2) is 9.78 Å². The minimum atomic E-state index is -0.433. The minimum absolute atomic E-state index is 0.355. The van der Waals surface area contributed by atoms with Crippen LogP contribution in [-0.2, 0) is 0 Å². The van der Waals surface area contributed by atoms with Gasteiger partial charge in [-0.1, -0.05) is 58.7 Å². The van der Waals surface area contributed by atoms with Crippen LogP contribution in [0.3, 0.4) is 0 Å². The molecule has 0 unspecified atom stereocenters. The van der Waals surface area contributed by atoms with Crippen LogP contribution in [0.25, 0.3) is 10.2 Å². The van der Waals surface area contributed by atoms with Gasteiger partial charge in [0.05, 0.1) is 25.9 Å². The zero-order chi connectivity index (χ0) is 20.4. The topological polar surface area (TPSA) is 54.0 Å². The van der Waals surface area contributed by atoms with Crippen molar-refractivity contribution in [3.8, 4) is 0 Å². The first-order valence-corrected chi connectivity index (χ1v) is 11.1. The molecule has 3 aromatic carbocycles. The molecule has 9 heteroatoms. The average Bonchev–Trinajstić information content (AvgIpc) is 3.09. The van der Waals surface area contributed by atoms with Crippen LogP contribution in [0, 0.1) is 0 Å². The number of halogens is 3. The van der Waals surface area contributed by atoms with E-state index in [4.69, 9.17) is 34.8 Å². The molecule has 0 spiro atoms. The molecule has 1 heterocycles. The molecule has 0 radical (unpaired) electrons. The maximum Gasteiger partial charge on any atom is 0.323 e. The summed E-state index contributed by atoms with van der Waals surface area (Å²) < 4.78 is 2.03. The zero-order valence-corrected chi connectivity index (χ0v) is 18.5. The molecule has 1 aromatic heterocycles. The largest absolute Gasteiger partial charge is 0.323 e. The molecule has 0 fully saturated rings. The Hall–Kier alpha value is -1.96. The normalized spacial score (nSPS) is 10.9. The predicted octanol–water partition coefficient (Wildman–Crippen LogP) is 8.05. The number of thiazole rings is 1. The number of hydrogen-bond donors (Lipinski definition) is 2. The van der Waals surface area contributed by atoms with Crippen molar-refractivity contribution in [1.29, 1.82) is 0 Å². The molecule has 29 heavy (non-hydrogen) atoms. The average molecular weight is 481 g/mol. The number of carbonyl (C=O) groups excluding carboxylic acids is 1. The van der Waals surface area contributed by atoms with E-state index in [9.17, 15) is 4.79 Å². The van der Waals surface area contributed by atoms with Crippen LogP contribution in [0.4, 0.5) is 16.2 Å². The van der Waals surface area contributed by atoms with Crippen molar-refractivity contribution in [2.24, 2.45) is 0 Å². The zero-order valence-electron chi connectivity index (χ0n) is 14.6. The number of para-hydroxylation sites is 1. The Morgan fingerprint density at radius 1 is 0.931 bits per heavy atom. The summed E-state index contributed by atoms with van der Waals surface area (Å²) in [6.07, 6.45) is 0. The van der Waals surface area contributed by atoms with Crippen molar-refractivity contribution in [2.45, 2.75) is 9.24 Å². The number of amides is 2. The number of hydrogen-bond acceptors (Lipinski definition) is 4. The first-order chi connectivity index (χ1) is 14.0. The van der Waals surface area contributed by atoms with Crippen molar-refractivity contribution in [3.05, 3.63) is 75.7 Å². The first-order valence-electron chi connectivity index (χ1n) is 8.34. The number of fused-ring (bicyclic) bond motifs is 1. The number of nitrogens with zero attached hydrogens (tertiary/aromatic N) is 1. The van der Waals surface area contributed by atoms with Gasteiger partial charge in [0.1, 0.15) is 0 Å².